The third-order valence-electron chi connectivity index (χ3n) is 2.45. The maximum Gasteiger partial charge on any atom is 0.231 e. The molecule has 1 aliphatic rings. The van der Waals surface area contributed by atoms with Gasteiger partial charge in [-0.1, -0.05) is 11.6 Å². The Morgan fingerprint density at radius 3 is 3.00 bits per heavy atom. The third-order valence-corrected chi connectivity index (χ3v) is 2.95. The fourth-order valence-electron chi connectivity index (χ4n) is 1.58. The number of ether oxygens (including phenoxy) is 2. The molecule has 1 aliphatic heterocycles. The Balaban J connectivity index is 2.54. The van der Waals surface area contributed by atoms with E-state index >= 15 is 0 Å². The van der Waals surface area contributed by atoms with Gasteiger partial charge in [0.1, 0.15) is 0 Å². The highest BCUT2D eigenvalue weighted by molar-refractivity contribution is 6.32. The first-order chi connectivity index (χ1) is 7.15. The quantitative estimate of drug-likeness (QED) is 0.804. The molecule has 1 atom stereocenters. The molecule has 4 nitrogen and oxygen atoms in total. The van der Waals surface area contributed by atoms with Gasteiger partial charge >= 0.3 is 0 Å². The van der Waals surface area contributed by atoms with Crippen LogP contribution in [0, 0.1) is 6.92 Å². The Hall–Kier alpha value is -0.970. The predicted octanol–water partition coefficient (Wildman–Crippen LogP) is 1.37. The van der Waals surface area contributed by atoms with Crippen molar-refractivity contribution in [2.45, 2.75) is 13.0 Å². The van der Waals surface area contributed by atoms with E-state index in [9.17, 15) is 0 Å². The van der Waals surface area contributed by atoms with Crippen LogP contribution in [-0.4, -0.2) is 18.5 Å². The zero-order chi connectivity index (χ0) is 11.0. The van der Waals surface area contributed by atoms with E-state index in [1.807, 2.05) is 6.92 Å². The van der Waals surface area contributed by atoms with E-state index < -0.39 is 6.04 Å². The van der Waals surface area contributed by atoms with Crippen LogP contribution in [0.3, 0.4) is 0 Å². The van der Waals surface area contributed by atoms with Gasteiger partial charge in [0.2, 0.25) is 6.79 Å². The molecule has 0 saturated heterocycles. The molecule has 1 aromatic rings. The molecule has 15 heavy (non-hydrogen) atoms. The lowest BCUT2D eigenvalue weighted by atomic mass is 10.0. The highest BCUT2D eigenvalue weighted by Crippen LogP contribution is 2.42. The summed E-state index contributed by atoms with van der Waals surface area (Å²) >= 11 is 6.12. The molecule has 0 fully saturated rings. The van der Waals surface area contributed by atoms with Crippen molar-refractivity contribution in [3.05, 3.63) is 22.2 Å². The summed E-state index contributed by atoms with van der Waals surface area (Å²) < 4.78 is 10.5. The molecule has 0 aromatic heterocycles. The lowest BCUT2D eigenvalue weighted by molar-refractivity contribution is 0.173. The Bertz CT molecular complexity index is 395. The zero-order valence-electron chi connectivity index (χ0n) is 8.29. The van der Waals surface area contributed by atoms with Crippen LogP contribution >= 0.6 is 11.6 Å². The number of fused-ring (bicyclic) bond motifs is 1. The summed E-state index contributed by atoms with van der Waals surface area (Å²) in [6.07, 6.45) is 0. The van der Waals surface area contributed by atoms with Crippen molar-refractivity contribution in [1.29, 1.82) is 0 Å². The lowest BCUT2D eigenvalue weighted by Gasteiger charge is -2.14. The minimum absolute atomic E-state index is 0.154. The van der Waals surface area contributed by atoms with E-state index in [0.717, 1.165) is 5.56 Å². The summed E-state index contributed by atoms with van der Waals surface area (Å²) in [4.78, 5) is 0. The number of nitrogens with two attached hydrogens (primary N) is 1. The SMILES string of the molecule is Cc1c(Cl)c(C(N)CO)cc2c1OCO2. The Kier molecular flexibility index (Phi) is 2.73. The van der Waals surface area contributed by atoms with Gasteiger partial charge in [-0.3, -0.25) is 0 Å². The van der Waals surface area contributed by atoms with Crippen LogP contribution in [0.2, 0.25) is 5.02 Å². The van der Waals surface area contributed by atoms with Crippen LogP contribution in [0.4, 0.5) is 0 Å². The number of rotatable bonds is 2. The zero-order valence-corrected chi connectivity index (χ0v) is 9.04. The molecule has 0 aliphatic carbocycles. The number of hydrogen-bond acceptors (Lipinski definition) is 4. The second kappa shape index (κ2) is 3.89. The largest absolute Gasteiger partial charge is 0.454 e. The van der Waals surface area contributed by atoms with E-state index in [-0.39, 0.29) is 13.4 Å². The molecule has 0 bridgehead atoms. The first-order valence-corrected chi connectivity index (χ1v) is 4.98. The van der Waals surface area contributed by atoms with Crippen LogP contribution in [0.15, 0.2) is 6.07 Å². The van der Waals surface area contributed by atoms with Gasteiger partial charge in [0, 0.05) is 5.56 Å². The van der Waals surface area contributed by atoms with Gasteiger partial charge < -0.3 is 20.3 Å². The molecule has 1 unspecified atom stereocenters. The minimum Gasteiger partial charge on any atom is -0.454 e. The third kappa shape index (κ3) is 1.65. The van der Waals surface area contributed by atoms with Crippen molar-refractivity contribution in [2.75, 3.05) is 13.4 Å². The number of hydrogen-bond donors (Lipinski definition) is 2. The first-order valence-electron chi connectivity index (χ1n) is 4.60. The molecule has 5 heteroatoms. The molecule has 0 amide bonds. The van der Waals surface area contributed by atoms with Gasteiger partial charge in [0.25, 0.3) is 0 Å². The van der Waals surface area contributed by atoms with E-state index in [1.54, 1.807) is 6.07 Å². The van der Waals surface area contributed by atoms with E-state index in [4.69, 9.17) is 31.9 Å². The number of benzene rings is 1. The van der Waals surface area contributed by atoms with Crippen molar-refractivity contribution >= 4 is 11.6 Å². The molecular formula is C10H12ClNO3. The summed E-state index contributed by atoms with van der Waals surface area (Å²) in [5.41, 5.74) is 7.21. The van der Waals surface area contributed by atoms with Crippen molar-refractivity contribution in [3.63, 3.8) is 0 Å². The van der Waals surface area contributed by atoms with Gasteiger partial charge in [0.05, 0.1) is 17.7 Å². The second-order valence-electron chi connectivity index (χ2n) is 3.43. The minimum atomic E-state index is -0.495. The normalized spacial score (nSPS) is 15.5. The maximum absolute atomic E-state index is 9.00. The van der Waals surface area contributed by atoms with Crippen LogP contribution in [-0.2, 0) is 0 Å². The van der Waals surface area contributed by atoms with Gasteiger partial charge in [-0.2, -0.15) is 0 Å². The Morgan fingerprint density at radius 1 is 1.60 bits per heavy atom. The summed E-state index contributed by atoms with van der Waals surface area (Å²) in [6, 6.07) is 1.23. The molecule has 2 rings (SSSR count). The molecule has 1 aromatic carbocycles. The Labute approximate surface area is 92.5 Å². The van der Waals surface area contributed by atoms with Gasteiger partial charge in [-0.25, -0.2) is 0 Å². The molecule has 0 saturated carbocycles. The molecular weight excluding hydrogens is 218 g/mol. The molecule has 0 radical (unpaired) electrons. The molecule has 82 valence electrons. The number of halogens is 1. The number of aliphatic hydroxyl groups is 1. The fourth-order valence-corrected chi connectivity index (χ4v) is 1.86. The molecule has 3 N–H and O–H groups in total. The van der Waals surface area contributed by atoms with E-state index in [2.05, 4.69) is 0 Å². The maximum atomic E-state index is 9.00. The van der Waals surface area contributed by atoms with Gasteiger partial charge in [-0.15, -0.1) is 0 Å². The monoisotopic (exact) mass is 229 g/mol. The van der Waals surface area contributed by atoms with Gasteiger partial charge in [-0.05, 0) is 18.6 Å². The summed E-state index contributed by atoms with van der Waals surface area (Å²) in [7, 11) is 0. The lowest BCUT2D eigenvalue weighted by Crippen LogP contribution is -2.15. The van der Waals surface area contributed by atoms with Crippen LogP contribution in [0.1, 0.15) is 17.2 Å². The highest BCUT2D eigenvalue weighted by Gasteiger charge is 2.23. The summed E-state index contributed by atoms with van der Waals surface area (Å²) in [5.74, 6) is 1.30. The molecule has 0 spiro atoms. The number of aliphatic hydroxyl groups excluding tert-OH is 1. The summed E-state index contributed by atoms with van der Waals surface area (Å²) in [5, 5.41) is 9.52. The molecule has 1 heterocycles. The first kappa shape index (κ1) is 10.5. The standard InChI is InChI=1S/C10H12ClNO3/c1-5-9(11)6(7(12)3-13)2-8-10(5)15-4-14-8/h2,7,13H,3-4,12H2,1H3. The predicted molar refractivity (Wildman–Crippen MR) is 56.3 cm³/mol. The van der Waals surface area contributed by atoms with Crippen LogP contribution in [0.5, 0.6) is 11.5 Å². The second-order valence-corrected chi connectivity index (χ2v) is 3.81. The van der Waals surface area contributed by atoms with Crippen molar-refractivity contribution in [2.24, 2.45) is 5.73 Å². The van der Waals surface area contributed by atoms with Gasteiger partial charge in [0.15, 0.2) is 11.5 Å². The van der Waals surface area contributed by atoms with Crippen LogP contribution < -0.4 is 15.2 Å². The highest BCUT2D eigenvalue weighted by atomic mass is 35.5. The van der Waals surface area contributed by atoms with Crippen molar-refractivity contribution in [1.82, 2.24) is 0 Å². The van der Waals surface area contributed by atoms with E-state index in [0.29, 0.717) is 22.1 Å². The topological polar surface area (TPSA) is 64.7 Å². The van der Waals surface area contributed by atoms with Crippen molar-refractivity contribution < 1.29 is 14.6 Å². The average molecular weight is 230 g/mol. The van der Waals surface area contributed by atoms with E-state index in [1.165, 1.54) is 0 Å². The summed E-state index contributed by atoms with van der Waals surface area (Å²) in [6.45, 7) is 1.88. The van der Waals surface area contributed by atoms with Crippen molar-refractivity contribution in [3.8, 4) is 11.5 Å². The smallest absolute Gasteiger partial charge is 0.231 e. The van der Waals surface area contributed by atoms with Crippen LogP contribution in [0.25, 0.3) is 0 Å². The average Bonchev–Trinajstić information content (AvgIpc) is 2.70. The Morgan fingerprint density at radius 2 is 2.33 bits per heavy atom. The fraction of sp³-hybridized carbons (Fsp3) is 0.400.